The van der Waals surface area contributed by atoms with E-state index in [4.69, 9.17) is 4.74 Å². The van der Waals surface area contributed by atoms with E-state index >= 15 is 0 Å². The molecule has 0 saturated heterocycles. The molecule has 0 radical (unpaired) electrons. The average molecular weight is 349 g/mol. The van der Waals surface area contributed by atoms with E-state index in [1.54, 1.807) is 6.07 Å². The number of benzene rings is 1. The Morgan fingerprint density at radius 3 is 2.62 bits per heavy atom. The molecule has 1 fully saturated rings. The molecule has 5 heteroatoms. The van der Waals surface area contributed by atoms with Gasteiger partial charge in [-0.1, -0.05) is 31.4 Å². The molecule has 1 aromatic rings. The van der Waals surface area contributed by atoms with E-state index in [-0.39, 0.29) is 17.9 Å². The third-order valence-corrected chi connectivity index (χ3v) is 5.16. The molecule has 2 rings (SSSR count). The molecular weight excluding hydrogens is 322 g/mol. The van der Waals surface area contributed by atoms with Crippen molar-refractivity contribution in [3.8, 4) is 0 Å². The molecule has 1 N–H and O–H groups in total. The van der Waals surface area contributed by atoms with Crippen LogP contribution in [-0.2, 0) is 9.53 Å². The van der Waals surface area contributed by atoms with Gasteiger partial charge in [-0.2, -0.15) is 0 Å². The van der Waals surface area contributed by atoms with E-state index < -0.39 is 0 Å². The van der Waals surface area contributed by atoms with Crippen LogP contribution in [0, 0.1) is 5.92 Å². The van der Waals surface area contributed by atoms with Crippen LogP contribution < -0.4 is 5.32 Å². The average Bonchev–Trinajstić information content (AvgIpc) is 2.58. The van der Waals surface area contributed by atoms with E-state index in [1.807, 2.05) is 32.0 Å². The van der Waals surface area contributed by atoms with Crippen LogP contribution in [0.3, 0.4) is 0 Å². The highest BCUT2D eigenvalue weighted by molar-refractivity contribution is 8.00. The maximum atomic E-state index is 12.4. The molecule has 0 unspecified atom stereocenters. The van der Waals surface area contributed by atoms with Crippen LogP contribution in [0.5, 0.6) is 0 Å². The topological polar surface area (TPSA) is 55.4 Å². The number of rotatable bonds is 7. The summed E-state index contributed by atoms with van der Waals surface area (Å²) in [4.78, 5) is 25.0. The zero-order chi connectivity index (χ0) is 17.4. The number of hydrogen-bond acceptors (Lipinski definition) is 4. The van der Waals surface area contributed by atoms with Crippen LogP contribution >= 0.6 is 11.8 Å². The Morgan fingerprint density at radius 1 is 1.21 bits per heavy atom. The van der Waals surface area contributed by atoms with Crippen molar-refractivity contribution in [1.82, 2.24) is 5.32 Å². The molecular formula is C19H27NO3S. The van der Waals surface area contributed by atoms with Gasteiger partial charge in [-0.05, 0) is 44.7 Å². The summed E-state index contributed by atoms with van der Waals surface area (Å²) in [6.07, 6.45) is 6.07. The van der Waals surface area contributed by atoms with Crippen molar-refractivity contribution in [2.24, 2.45) is 5.92 Å². The van der Waals surface area contributed by atoms with Crippen molar-refractivity contribution in [2.75, 3.05) is 12.4 Å². The number of ether oxygens (including phenoxy) is 1. The smallest absolute Gasteiger partial charge is 0.339 e. The van der Waals surface area contributed by atoms with E-state index in [2.05, 4.69) is 5.32 Å². The molecule has 0 spiro atoms. The van der Waals surface area contributed by atoms with Crippen LogP contribution in [-0.4, -0.2) is 30.3 Å². The molecule has 1 amide bonds. The van der Waals surface area contributed by atoms with E-state index in [9.17, 15) is 9.59 Å². The second-order valence-electron chi connectivity index (χ2n) is 6.61. The standard InChI is InChI=1S/C19H27NO3S/c1-14(2)20-18(21)13-24-17-11-7-6-10-16(17)19(22)23-12-15-8-4-3-5-9-15/h6-7,10-11,14-15H,3-5,8-9,12-13H2,1-2H3,(H,20,21). The number of thioether (sulfide) groups is 1. The van der Waals surface area contributed by atoms with Crippen molar-refractivity contribution < 1.29 is 14.3 Å². The Bertz CT molecular complexity index is 553. The molecule has 1 aliphatic carbocycles. The summed E-state index contributed by atoms with van der Waals surface area (Å²) in [5, 5.41) is 2.85. The highest BCUT2D eigenvalue weighted by atomic mass is 32.2. The molecule has 4 nitrogen and oxygen atoms in total. The Hall–Kier alpha value is -1.49. The quantitative estimate of drug-likeness (QED) is 0.596. The van der Waals surface area contributed by atoms with E-state index in [0.717, 1.165) is 17.7 Å². The van der Waals surface area contributed by atoms with Gasteiger partial charge in [0.15, 0.2) is 0 Å². The van der Waals surface area contributed by atoms with Crippen molar-refractivity contribution in [1.29, 1.82) is 0 Å². The van der Waals surface area contributed by atoms with E-state index in [1.165, 1.54) is 31.0 Å². The van der Waals surface area contributed by atoms with Gasteiger partial charge in [0.1, 0.15) is 0 Å². The van der Waals surface area contributed by atoms with Crippen LogP contribution in [0.15, 0.2) is 29.2 Å². The first-order valence-corrected chi connectivity index (χ1v) is 9.73. The minimum Gasteiger partial charge on any atom is -0.462 e. The third-order valence-electron chi connectivity index (χ3n) is 4.09. The molecule has 1 aromatic carbocycles. The normalized spacial score (nSPS) is 15.3. The summed E-state index contributed by atoms with van der Waals surface area (Å²) < 4.78 is 5.53. The second kappa shape index (κ2) is 9.72. The molecule has 0 heterocycles. The maximum Gasteiger partial charge on any atom is 0.339 e. The van der Waals surface area contributed by atoms with Gasteiger partial charge < -0.3 is 10.1 Å². The zero-order valence-corrected chi connectivity index (χ0v) is 15.4. The summed E-state index contributed by atoms with van der Waals surface area (Å²) in [5.41, 5.74) is 0.552. The lowest BCUT2D eigenvalue weighted by Gasteiger charge is -2.21. The van der Waals surface area contributed by atoms with Gasteiger partial charge in [0.2, 0.25) is 5.91 Å². The molecule has 1 aliphatic rings. The number of hydrogen-bond donors (Lipinski definition) is 1. The van der Waals surface area contributed by atoms with Crippen molar-refractivity contribution >= 4 is 23.6 Å². The summed E-state index contributed by atoms with van der Waals surface area (Å²) in [7, 11) is 0. The summed E-state index contributed by atoms with van der Waals surface area (Å²) in [5.74, 6) is 0.484. The molecule has 24 heavy (non-hydrogen) atoms. The minimum atomic E-state index is -0.284. The van der Waals surface area contributed by atoms with Gasteiger partial charge >= 0.3 is 5.97 Å². The predicted molar refractivity (Wildman–Crippen MR) is 97.3 cm³/mol. The second-order valence-corrected chi connectivity index (χ2v) is 7.63. The molecule has 0 bridgehead atoms. The number of esters is 1. The maximum absolute atomic E-state index is 12.4. The van der Waals surface area contributed by atoms with Crippen LogP contribution in [0.2, 0.25) is 0 Å². The summed E-state index contributed by atoms with van der Waals surface area (Å²) >= 11 is 1.37. The largest absolute Gasteiger partial charge is 0.462 e. The zero-order valence-electron chi connectivity index (χ0n) is 14.5. The monoisotopic (exact) mass is 349 g/mol. The Balaban J connectivity index is 1.89. The van der Waals surface area contributed by atoms with Gasteiger partial charge in [0.25, 0.3) is 0 Å². The number of carbonyl (C=O) groups is 2. The first-order chi connectivity index (χ1) is 11.6. The first-order valence-electron chi connectivity index (χ1n) is 8.74. The molecule has 0 atom stereocenters. The van der Waals surface area contributed by atoms with Gasteiger partial charge in [0, 0.05) is 10.9 Å². The Morgan fingerprint density at radius 2 is 1.92 bits per heavy atom. The summed E-state index contributed by atoms with van der Waals surface area (Å²) in [6.45, 7) is 4.37. The van der Waals surface area contributed by atoms with E-state index in [0.29, 0.717) is 23.8 Å². The van der Waals surface area contributed by atoms with Gasteiger partial charge in [-0.3, -0.25) is 4.79 Å². The lowest BCUT2D eigenvalue weighted by atomic mass is 9.90. The van der Waals surface area contributed by atoms with Crippen LogP contribution in [0.25, 0.3) is 0 Å². The minimum absolute atomic E-state index is 0.0274. The Labute approximate surface area is 148 Å². The lowest BCUT2D eigenvalue weighted by Crippen LogP contribution is -2.31. The van der Waals surface area contributed by atoms with Crippen LogP contribution in [0.1, 0.15) is 56.3 Å². The predicted octanol–water partition coefficient (Wildman–Crippen LogP) is 4.04. The van der Waals surface area contributed by atoms with Crippen molar-refractivity contribution in [3.05, 3.63) is 29.8 Å². The van der Waals surface area contributed by atoms with Gasteiger partial charge in [-0.15, -0.1) is 11.8 Å². The first kappa shape index (κ1) is 18.8. The summed E-state index contributed by atoms with van der Waals surface area (Å²) in [6, 6.07) is 7.46. The fraction of sp³-hybridized carbons (Fsp3) is 0.579. The molecule has 1 saturated carbocycles. The fourth-order valence-corrected chi connectivity index (χ4v) is 3.74. The van der Waals surface area contributed by atoms with Crippen molar-refractivity contribution in [2.45, 2.75) is 56.9 Å². The number of carbonyl (C=O) groups excluding carboxylic acids is 2. The highest BCUT2D eigenvalue weighted by Gasteiger charge is 2.18. The van der Waals surface area contributed by atoms with Gasteiger partial charge in [0.05, 0.1) is 17.9 Å². The molecule has 0 aromatic heterocycles. The van der Waals surface area contributed by atoms with Crippen molar-refractivity contribution in [3.63, 3.8) is 0 Å². The third kappa shape index (κ3) is 6.19. The number of amides is 1. The van der Waals surface area contributed by atoms with Crippen LogP contribution in [0.4, 0.5) is 0 Å². The molecule has 0 aliphatic heterocycles. The lowest BCUT2D eigenvalue weighted by molar-refractivity contribution is -0.119. The molecule has 132 valence electrons. The highest BCUT2D eigenvalue weighted by Crippen LogP contribution is 2.26. The van der Waals surface area contributed by atoms with Gasteiger partial charge in [-0.25, -0.2) is 4.79 Å². The SMILES string of the molecule is CC(C)NC(=O)CSc1ccccc1C(=O)OCC1CCCCC1. The fourth-order valence-electron chi connectivity index (χ4n) is 2.89. The Kier molecular flexibility index (Phi) is 7.63. The number of nitrogens with one attached hydrogen (secondary N) is 1.